The molecule has 51 heavy (non-hydrogen) atoms. The molecule has 0 unspecified atom stereocenters. The topological polar surface area (TPSA) is 174 Å². The molecule has 288 valence electrons. The summed E-state index contributed by atoms with van der Waals surface area (Å²) in [5, 5.41) is 10.7. The predicted octanol–water partition coefficient (Wildman–Crippen LogP) is 3.22. The highest BCUT2D eigenvalue weighted by Gasteiger charge is 2.70. The summed E-state index contributed by atoms with van der Waals surface area (Å²) >= 11 is 0. The monoisotopic (exact) mass is 734 g/mol. The molecule has 5 aliphatic rings. The Morgan fingerprint density at radius 3 is 2.14 bits per heavy atom. The zero-order chi connectivity index (χ0) is 37.7. The zero-order valence-electron chi connectivity index (χ0n) is 32.0. The van der Waals surface area contributed by atoms with Crippen LogP contribution >= 0.6 is 0 Å². The molecule has 0 aromatic rings. The van der Waals surface area contributed by atoms with Crippen molar-refractivity contribution in [3.8, 4) is 0 Å². The summed E-state index contributed by atoms with van der Waals surface area (Å²) in [7, 11) is -2.08. The number of carbonyl (C=O) groups excluding carboxylic acids is 5. The van der Waals surface area contributed by atoms with E-state index in [-0.39, 0.29) is 29.3 Å². The van der Waals surface area contributed by atoms with E-state index < -0.39 is 73.9 Å². The second-order valence-corrected chi connectivity index (χ2v) is 20.1. The van der Waals surface area contributed by atoms with E-state index in [0.29, 0.717) is 32.2 Å². The summed E-state index contributed by atoms with van der Waals surface area (Å²) in [4.78, 5) is 70.1. The smallest absolute Gasteiger partial charge is 0.315 e. The van der Waals surface area contributed by atoms with Gasteiger partial charge in [-0.15, -0.1) is 0 Å². The van der Waals surface area contributed by atoms with Gasteiger partial charge in [-0.25, -0.2) is 17.5 Å². The molecule has 5 fully saturated rings. The number of hydrogen-bond donors (Lipinski definition) is 4. The molecule has 6 atom stereocenters. The van der Waals surface area contributed by atoms with Gasteiger partial charge < -0.3 is 26.2 Å². The van der Waals surface area contributed by atoms with Crippen molar-refractivity contribution in [1.82, 2.24) is 30.5 Å². The molecule has 4 aliphatic carbocycles. The van der Waals surface area contributed by atoms with Gasteiger partial charge in [-0.2, -0.15) is 0 Å². The number of unbranched alkanes of at least 4 members (excludes halogenated alkanes) is 1. The fourth-order valence-electron chi connectivity index (χ4n) is 8.59. The van der Waals surface area contributed by atoms with E-state index in [1.54, 1.807) is 18.9 Å². The molecule has 14 heteroatoms. The molecule has 4 saturated carbocycles. The largest absolute Gasteiger partial charge is 0.347 e. The Balaban J connectivity index is 1.34. The van der Waals surface area contributed by atoms with Gasteiger partial charge in [0.15, 0.2) is 0 Å². The van der Waals surface area contributed by atoms with Gasteiger partial charge in [0.1, 0.15) is 12.1 Å². The molecule has 13 nitrogen and oxygen atoms in total. The molecular weight excluding hydrogens is 673 g/mol. The molecule has 0 aromatic carbocycles. The van der Waals surface area contributed by atoms with Crippen LogP contribution in [0.2, 0.25) is 0 Å². The number of amides is 5. The third kappa shape index (κ3) is 8.26. The first kappa shape index (κ1) is 39.5. The highest BCUT2D eigenvalue weighted by atomic mass is 32.2. The lowest BCUT2D eigenvalue weighted by atomic mass is 9.79. The second kappa shape index (κ2) is 14.6. The Morgan fingerprint density at radius 1 is 0.961 bits per heavy atom. The first-order chi connectivity index (χ1) is 23.8. The quantitative estimate of drug-likeness (QED) is 0.187. The summed E-state index contributed by atoms with van der Waals surface area (Å²) in [5.74, 6) is -2.31. The van der Waals surface area contributed by atoms with Crippen LogP contribution in [0.1, 0.15) is 126 Å². The summed E-state index contributed by atoms with van der Waals surface area (Å²) in [5.41, 5.74) is -1.96. The first-order valence-electron chi connectivity index (χ1n) is 19.3. The minimum absolute atomic E-state index is 0.00320. The Morgan fingerprint density at radius 2 is 1.59 bits per heavy atom. The number of likely N-dealkylation sites (tertiary alicyclic amines) is 1. The molecule has 5 rings (SSSR count). The van der Waals surface area contributed by atoms with Gasteiger partial charge in [-0.1, -0.05) is 73.6 Å². The molecule has 4 N–H and O–H groups in total. The number of ketones is 1. The number of urea groups is 1. The third-order valence-electron chi connectivity index (χ3n) is 12.6. The SMILES string of the molecule is CCCC[C@H](NC(=O)[C@@H]1[C@@H]2[C@H](CN1C(=O)[C@@H](NC(=O)NC1([C@H](C)S(=O)(=O)N(C)C3CC3)CCCCC1)C(C)(C)C)C2(C)C)C(=O)C(=O)NC1CC1. The van der Waals surface area contributed by atoms with Crippen LogP contribution in [-0.4, -0.2) is 102 Å². The van der Waals surface area contributed by atoms with Crippen molar-refractivity contribution in [1.29, 1.82) is 0 Å². The van der Waals surface area contributed by atoms with Gasteiger partial charge in [0, 0.05) is 25.7 Å². The van der Waals surface area contributed by atoms with Crippen molar-refractivity contribution in [3.05, 3.63) is 0 Å². The molecular formula is C37H62N6O7S. The average molecular weight is 735 g/mol. The van der Waals surface area contributed by atoms with Crippen molar-refractivity contribution in [2.75, 3.05) is 13.6 Å². The van der Waals surface area contributed by atoms with Crippen LogP contribution in [0.15, 0.2) is 0 Å². The maximum atomic E-state index is 14.6. The Bertz CT molecular complexity index is 1480. The number of piperidine rings is 1. The fourth-order valence-corrected chi connectivity index (χ4v) is 10.6. The molecule has 0 spiro atoms. The number of Topliss-reactive ketones (excluding diaryl/α,β-unsaturated/α-hetero) is 1. The van der Waals surface area contributed by atoms with Gasteiger partial charge in [-0.3, -0.25) is 19.2 Å². The van der Waals surface area contributed by atoms with Crippen LogP contribution < -0.4 is 21.3 Å². The first-order valence-corrected chi connectivity index (χ1v) is 20.8. The van der Waals surface area contributed by atoms with E-state index in [1.165, 1.54) is 4.31 Å². The van der Waals surface area contributed by atoms with Crippen LogP contribution in [0.5, 0.6) is 0 Å². The van der Waals surface area contributed by atoms with E-state index in [4.69, 9.17) is 0 Å². The number of nitrogens with one attached hydrogen (secondary N) is 4. The number of rotatable bonds is 15. The Kier molecular flexibility index (Phi) is 11.3. The van der Waals surface area contributed by atoms with Crippen molar-refractivity contribution in [2.45, 2.75) is 167 Å². The fraction of sp³-hybridized carbons (Fsp3) is 0.865. The second-order valence-electron chi connectivity index (χ2n) is 17.8. The minimum atomic E-state index is -3.70. The summed E-state index contributed by atoms with van der Waals surface area (Å²) < 4.78 is 28.9. The van der Waals surface area contributed by atoms with E-state index in [0.717, 1.165) is 51.4 Å². The van der Waals surface area contributed by atoms with Crippen LogP contribution in [0, 0.1) is 22.7 Å². The van der Waals surface area contributed by atoms with Gasteiger partial charge in [0.25, 0.3) is 5.91 Å². The number of nitrogens with zero attached hydrogens (tertiary/aromatic N) is 2. The normalized spacial score (nSPS) is 27.1. The van der Waals surface area contributed by atoms with E-state index in [1.807, 2.05) is 27.7 Å². The number of fused-ring (bicyclic) bond motifs is 1. The van der Waals surface area contributed by atoms with Crippen molar-refractivity contribution in [2.24, 2.45) is 22.7 Å². The third-order valence-corrected chi connectivity index (χ3v) is 15.0. The van der Waals surface area contributed by atoms with Crippen molar-refractivity contribution in [3.63, 3.8) is 0 Å². The number of hydrogen-bond acceptors (Lipinski definition) is 7. The van der Waals surface area contributed by atoms with E-state index >= 15 is 0 Å². The van der Waals surface area contributed by atoms with Crippen molar-refractivity contribution >= 4 is 39.6 Å². The van der Waals surface area contributed by atoms with Gasteiger partial charge in [0.05, 0.1) is 16.8 Å². The lowest BCUT2D eigenvalue weighted by Crippen LogP contribution is -2.66. The molecule has 1 aliphatic heterocycles. The van der Waals surface area contributed by atoms with Crippen LogP contribution in [-0.2, 0) is 29.2 Å². The zero-order valence-corrected chi connectivity index (χ0v) is 32.8. The summed E-state index contributed by atoms with van der Waals surface area (Å²) in [6.45, 7) is 13.7. The number of carbonyl (C=O) groups is 5. The summed E-state index contributed by atoms with van der Waals surface area (Å²) in [6, 6.07) is -3.51. The lowest BCUT2D eigenvalue weighted by Gasteiger charge is -2.44. The van der Waals surface area contributed by atoms with Crippen LogP contribution in [0.25, 0.3) is 0 Å². The maximum Gasteiger partial charge on any atom is 0.315 e. The van der Waals surface area contributed by atoms with Crippen LogP contribution in [0.4, 0.5) is 4.79 Å². The maximum absolute atomic E-state index is 14.6. The molecule has 0 bridgehead atoms. The molecule has 1 heterocycles. The molecule has 0 radical (unpaired) electrons. The minimum Gasteiger partial charge on any atom is -0.347 e. The molecule has 1 saturated heterocycles. The summed E-state index contributed by atoms with van der Waals surface area (Å²) in [6.07, 6.45) is 8.60. The van der Waals surface area contributed by atoms with E-state index in [9.17, 15) is 32.4 Å². The lowest BCUT2D eigenvalue weighted by molar-refractivity contribution is -0.145. The van der Waals surface area contributed by atoms with Gasteiger partial charge >= 0.3 is 6.03 Å². The van der Waals surface area contributed by atoms with E-state index in [2.05, 4.69) is 35.1 Å². The highest BCUT2D eigenvalue weighted by Crippen LogP contribution is 2.65. The Labute approximate surface area is 304 Å². The molecule has 5 amide bonds. The number of sulfonamides is 1. The molecule has 0 aromatic heterocycles. The van der Waals surface area contributed by atoms with Gasteiger partial charge in [0.2, 0.25) is 27.6 Å². The Hall–Kier alpha value is -2.74. The standard InChI is InChI=1S/C37H62N6O7S/c1-9-10-14-26(29(44)32(46)38-23-15-16-23)39-31(45)28-27-25(36(27,6)7)21-43(28)33(47)30(35(3,4)5)40-34(48)41-37(19-12-11-13-20-37)22(2)51(49,50)42(8)24-17-18-24/h22-28,30H,9-21H2,1-8H3,(H,38,46)(H,39,45)(H2,40,41,48)/t22-,25-,26-,27-,28-,30+/m0/s1. The van der Waals surface area contributed by atoms with Crippen molar-refractivity contribution < 1.29 is 32.4 Å². The average Bonchev–Trinajstić information content (AvgIpc) is 4.02. The predicted molar refractivity (Wildman–Crippen MR) is 194 cm³/mol. The van der Waals surface area contributed by atoms with Gasteiger partial charge in [-0.05, 0) is 74.5 Å². The highest BCUT2D eigenvalue weighted by molar-refractivity contribution is 7.89. The van der Waals surface area contributed by atoms with Crippen LogP contribution in [0.3, 0.4) is 0 Å².